The number of nitrogens with two attached hydrogens (primary N) is 1. The average Bonchev–Trinajstić information content (AvgIpc) is 2.75. The number of ether oxygens (including phenoxy) is 1. The van der Waals surface area contributed by atoms with Crippen LogP contribution in [0.3, 0.4) is 0 Å². The molecular weight excluding hydrogens is 212 g/mol. The number of rotatable bonds is 3. The van der Waals surface area contributed by atoms with Gasteiger partial charge in [0.25, 0.3) is 0 Å². The fourth-order valence-electron chi connectivity index (χ4n) is 2.27. The summed E-state index contributed by atoms with van der Waals surface area (Å²) in [7, 11) is 0. The Morgan fingerprint density at radius 1 is 1.41 bits per heavy atom. The van der Waals surface area contributed by atoms with E-state index in [1.165, 1.54) is 5.56 Å². The van der Waals surface area contributed by atoms with E-state index in [9.17, 15) is 0 Å². The highest BCUT2D eigenvalue weighted by molar-refractivity contribution is 5.41. The first-order valence-corrected chi connectivity index (χ1v) is 6.04. The summed E-state index contributed by atoms with van der Waals surface area (Å²) >= 11 is 0. The maximum Gasteiger partial charge on any atom is 0.122 e. The Hall–Kier alpha value is -1.53. The van der Waals surface area contributed by atoms with Crippen molar-refractivity contribution >= 4 is 0 Å². The number of nitriles is 1. The number of hydrogen-bond acceptors (Lipinski definition) is 3. The summed E-state index contributed by atoms with van der Waals surface area (Å²) in [6.07, 6.45) is 0.939. The van der Waals surface area contributed by atoms with E-state index in [1.54, 1.807) is 0 Å². The van der Waals surface area contributed by atoms with Crippen molar-refractivity contribution in [3.05, 3.63) is 29.3 Å². The van der Waals surface area contributed by atoms with Crippen LogP contribution in [0, 0.1) is 23.2 Å². The molecule has 0 saturated carbocycles. The summed E-state index contributed by atoms with van der Waals surface area (Å²) in [5, 5.41) is 9.17. The molecule has 0 spiro atoms. The number of nitrogens with zero attached hydrogens (tertiary/aromatic N) is 1. The van der Waals surface area contributed by atoms with E-state index in [-0.39, 0.29) is 17.9 Å². The van der Waals surface area contributed by atoms with Gasteiger partial charge in [0.15, 0.2) is 0 Å². The molecule has 1 aliphatic heterocycles. The summed E-state index contributed by atoms with van der Waals surface area (Å²) in [6, 6.07) is 8.12. The molecule has 1 aromatic carbocycles. The van der Waals surface area contributed by atoms with Crippen LogP contribution in [0.1, 0.15) is 31.0 Å². The molecule has 1 aliphatic rings. The molecule has 3 heteroatoms. The molecule has 1 aromatic rings. The van der Waals surface area contributed by atoms with Gasteiger partial charge in [-0.25, -0.2) is 0 Å². The van der Waals surface area contributed by atoms with Crippen molar-refractivity contribution in [2.24, 2.45) is 17.6 Å². The van der Waals surface area contributed by atoms with Crippen molar-refractivity contribution in [3.8, 4) is 11.8 Å². The molecule has 0 radical (unpaired) electrons. The first-order chi connectivity index (χ1) is 8.13. The van der Waals surface area contributed by atoms with Crippen molar-refractivity contribution < 1.29 is 4.74 Å². The Kier molecular flexibility index (Phi) is 3.35. The SMILES string of the molecule is CC(C)C(C#N)C(N)c1ccc2c(c1)CCO2. The Morgan fingerprint density at radius 3 is 2.82 bits per heavy atom. The predicted octanol–water partition coefficient (Wildman–Crippen LogP) is 2.42. The van der Waals surface area contributed by atoms with Crippen LogP contribution in [0.15, 0.2) is 18.2 Å². The molecule has 90 valence electrons. The summed E-state index contributed by atoms with van der Waals surface area (Å²) < 4.78 is 5.46. The second-order valence-electron chi connectivity index (χ2n) is 4.89. The lowest BCUT2D eigenvalue weighted by molar-refractivity contribution is 0.356. The molecule has 3 nitrogen and oxygen atoms in total. The van der Waals surface area contributed by atoms with Crippen LogP contribution in [-0.4, -0.2) is 6.61 Å². The first-order valence-electron chi connectivity index (χ1n) is 6.04. The van der Waals surface area contributed by atoms with E-state index < -0.39 is 0 Å². The molecule has 2 N–H and O–H groups in total. The number of benzene rings is 1. The van der Waals surface area contributed by atoms with Crippen molar-refractivity contribution in [1.82, 2.24) is 0 Å². The fraction of sp³-hybridized carbons (Fsp3) is 0.500. The third-order valence-electron chi connectivity index (χ3n) is 3.35. The molecule has 2 unspecified atom stereocenters. The molecule has 2 rings (SSSR count). The van der Waals surface area contributed by atoms with E-state index in [4.69, 9.17) is 15.7 Å². The third kappa shape index (κ3) is 2.27. The van der Waals surface area contributed by atoms with E-state index in [2.05, 4.69) is 12.1 Å². The standard InChI is InChI=1S/C14H18N2O/c1-9(2)12(8-15)14(16)11-3-4-13-10(7-11)5-6-17-13/h3-4,7,9,12,14H,5-6,16H2,1-2H3. The molecule has 0 fully saturated rings. The van der Waals surface area contributed by atoms with E-state index in [1.807, 2.05) is 26.0 Å². The van der Waals surface area contributed by atoms with Crippen molar-refractivity contribution in [3.63, 3.8) is 0 Å². The Labute approximate surface area is 102 Å². The smallest absolute Gasteiger partial charge is 0.122 e. The van der Waals surface area contributed by atoms with Gasteiger partial charge in [0.05, 0.1) is 18.6 Å². The molecule has 17 heavy (non-hydrogen) atoms. The van der Waals surface area contributed by atoms with Gasteiger partial charge in [-0.05, 0) is 23.1 Å². The van der Waals surface area contributed by atoms with Crippen molar-refractivity contribution in [1.29, 1.82) is 5.26 Å². The van der Waals surface area contributed by atoms with Crippen LogP contribution in [-0.2, 0) is 6.42 Å². The lowest BCUT2D eigenvalue weighted by Gasteiger charge is -2.21. The topological polar surface area (TPSA) is 59.0 Å². The molecule has 0 aromatic heterocycles. The summed E-state index contributed by atoms with van der Waals surface area (Å²) in [4.78, 5) is 0. The average molecular weight is 230 g/mol. The molecule has 0 amide bonds. The molecule has 2 atom stereocenters. The van der Waals surface area contributed by atoms with Gasteiger partial charge in [0.1, 0.15) is 5.75 Å². The fourth-order valence-corrected chi connectivity index (χ4v) is 2.27. The van der Waals surface area contributed by atoms with Crippen LogP contribution >= 0.6 is 0 Å². The lowest BCUT2D eigenvalue weighted by Crippen LogP contribution is -2.24. The van der Waals surface area contributed by atoms with Crippen molar-refractivity contribution in [2.45, 2.75) is 26.3 Å². The summed E-state index contributed by atoms with van der Waals surface area (Å²) in [5.74, 6) is 1.08. The van der Waals surface area contributed by atoms with Crippen molar-refractivity contribution in [2.75, 3.05) is 6.61 Å². The zero-order valence-electron chi connectivity index (χ0n) is 10.3. The van der Waals surface area contributed by atoms with Crippen LogP contribution in [0.25, 0.3) is 0 Å². The van der Waals surface area contributed by atoms with E-state index in [0.29, 0.717) is 0 Å². The zero-order valence-corrected chi connectivity index (χ0v) is 10.3. The second kappa shape index (κ2) is 4.77. The van der Waals surface area contributed by atoms with Crippen LogP contribution < -0.4 is 10.5 Å². The predicted molar refractivity (Wildman–Crippen MR) is 66.5 cm³/mol. The first kappa shape index (κ1) is 11.9. The largest absolute Gasteiger partial charge is 0.493 e. The molecular formula is C14H18N2O. The van der Waals surface area contributed by atoms with Crippen LogP contribution in [0.2, 0.25) is 0 Å². The lowest BCUT2D eigenvalue weighted by atomic mass is 9.85. The van der Waals surface area contributed by atoms with Gasteiger partial charge < -0.3 is 10.5 Å². The third-order valence-corrected chi connectivity index (χ3v) is 3.35. The minimum absolute atomic E-state index is 0.143. The number of hydrogen-bond donors (Lipinski definition) is 1. The highest BCUT2D eigenvalue weighted by atomic mass is 16.5. The van der Waals surface area contributed by atoms with E-state index >= 15 is 0 Å². The van der Waals surface area contributed by atoms with Gasteiger partial charge in [-0.2, -0.15) is 5.26 Å². The second-order valence-corrected chi connectivity index (χ2v) is 4.89. The Morgan fingerprint density at radius 2 is 2.18 bits per heavy atom. The maximum absolute atomic E-state index is 9.17. The van der Waals surface area contributed by atoms with Gasteiger partial charge in [-0.3, -0.25) is 0 Å². The highest BCUT2D eigenvalue weighted by Gasteiger charge is 2.24. The molecule has 0 aliphatic carbocycles. The molecule has 0 bridgehead atoms. The number of fused-ring (bicyclic) bond motifs is 1. The minimum atomic E-state index is -0.217. The quantitative estimate of drug-likeness (QED) is 0.867. The Balaban J connectivity index is 2.25. The highest BCUT2D eigenvalue weighted by Crippen LogP contribution is 2.31. The zero-order chi connectivity index (χ0) is 12.4. The summed E-state index contributed by atoms with van der Waals surface area (Å²) in [6.45, 7) is 4.81. The van der Waals surface area contributed by atoms with Crippen LogP contribution in [0.4, 0.5) is 0 Å². The summed E-state index contributed by atoms with van der Waals surface area (Å²) in [5.41, 5.74) is 8.42. The van der Waals surface area contributed by atoms with Gasteiger partial charge in [0, 0.05) is 12.5 Å². The normalized spacial score (nSPS) is 17.1. The monoisotopic (exact) mass is 230 g/mol. The van der Waals surface area contributed by atoms with Gasteiger partial charge >= 0.3 is 0 Å². The van der Waals surface area contributed by atoms with Gasteiger partial charge in [-0.15, -0.1) is 0 Å². The molecule has 0 saturated heterocycles. The van der Waals surface area contributed by atoms with Gasteiger partial charge in [-0.1, -0.05) is 26.0 Å². The molecule has 1 heterocycles. The van der Waals surface area contributed by atoms with E-state index in [0.717, 1.165) is 24.3 Å². The maximum atomic E-state index is 9.17. The van der Waals surface area contributed by atoms with Gasteiger partial charge in [0.2, 0.25) is 0 Å². The minimum Gasteiger partial charge on any atom is -0.493 e. The van der Waals surface area contributed by atoms with Crippen LogP contribution in [0.5, 0.6) is 5.75 Å². The Bertz CT molecular complexity index is 448.